The second-order valence-corrected chi connectivity index (χ2v) is 7.83. The van der Waals surface area contributed by atoms with Gasteiger partial charge in [0.2, 0.25) is 5.91 Å². The third kappa shape index (κ3) is 4.19. The second-order valence-electron chi connectivity index (χ2n) is 7.83. The van der Waals surface area contributed by atoms with Gasteiger partial charge in [0, 0.05) is 46.3 Å². The fourth-order valence-corrected chi connectivity index (χ4v) is 4.35. The smallest absolute Gasteiger partial charge is 0.272 e. The third-order valence-corrected chi connectivity index (χ3v) is 6.07. The van der Waals surface area contributed by atoms with Gasteiger partial charge in [-0.3, -0.25) is 14.5 Å². The van der Waals surface area contributed by atoms with Crippen LogP contribution in [0.15, 0.2) is 36.5 Å². The molecule has 1 unspecified atom stereocenters. The number of imidazole rings is 1. The lowest BCUT2D eigenvalue weighted by molar-refractivity contribution is -0.122. The summed E-state index contributed by atoms with van der Waals surface area (Å²) in [5.41, 5.74) is 1.97. The minimum Gasteiger partial charge on any atom is -0.359 e. The van der Waals surface area contributed by atoms with Gasteiger partial charge in [0.05, 0.1) is 12.1 Å². The van der Waals surface area contributed by atoms with Gasteiger partial charge in [-0.15, -0.1) is 0 Å². The number of amides is 2. The molecule has 2 amide bonds. The number of carbonyl (C=O) groups excluding carboxylic acids is 2. The Morgan fingerprint density at radius 3 is 2.59 bits per heavy atom. The van der Waals surface area contributed by atoms with Gasteiger partial charge in [-0.05, 0) is 24.8 Å². The number of likely N-dealkylation sites (N-methyl/N-ethyl adjacent to an activating group) is 1. The average Bonchev–Trinajstić information content (AvgIpc) is 3.22. The van der Waals surface area contributed by atoms with E-state index in [1.807, 2.05) is 15.5 Å². The maximum Gasteiger partial charge on any atom is 0.272 e. The fraction of sp³-hybridized carbons (Fsp3) is 0.500. The summed E-state index contributed by atoms with van der Waals surface area (Å²) in [7, 11) is 1.65. The number of piperazine rings is 1. The van der Waals surface area contributed by atoms with Crippen molar-refractivity contribution in [2.24, 2.45) is 0 Å². The Hall–Kier alpha value is -2.67. The van der Waals surface area contributed by atoms with Crippen LogP contribution in [0.4, 0.5) is 0 Å². The van der Waals surface area contributed by atoms with Gasteiger partial charge in [-0.25, -0.2) is 4.98 Å². The van der Waals surface area contributed by atoms with Gasteiger partial charge < -0.3 is 14.8 Å². The van der Waals surface area contributed by atoms with E-state index in [1.165, 1.54) is 5.56 Å². The van der Waals surface area contributed by atoms with Crippen LogP contribution in [0.1, 0.15) is 40.6 Å². The highest BCUT2D eigenvalue weighted by Gasteiger charge is 2.32. The van der Waals surface area contributed by atoms with E-state index in [2.05, 4.69) is 39.5 Å². The summed E-state index contributed by atoms with van der Waals surface area (Å²) in [5.74, 6) is 0.470. The fourth-order valence-electron chi connectivity index (χ4n) is 4.35. The molecule has 1 saturated heterocycles. The maximum atomic E-state index is 13.1. The monoisotopic (exact) mass is 395 g/mol. The minimum atomic E-state index is -0.259. The molecule has 7 nitrogen and oxygen atoms in total. The van der Waals surface area contributed by atoms with E-state index in [0.29, 0.717) is 5.69 Å². The van der Waals surface area contributed by atoms with Crippen molar-refractivity contribution in [2.75, 3.05) is 39.8 Å². The summed E-state index contributed by atoms with van der Waals surface area (Å²) in [6.45, 7) is 5.00. The quantitative estimate of drug-likeness (QED) is 0.833. The van der Waals surface area contributed by atoms with E-state index in [-0.39, 0.29) is 17.7 Å². The molecule has 2 aliphatic heterocycles. The van der Waals surface area contributed by atoms with Gasteiger partial charge in [0.1, 0.15) is 11.5 Å². The number of rotatable bonds is 5. The standard InChI is InChI=1S/C22H29N5O2/c1-23-21(28)18-8-5-10-27-19(16-24-20(18)27)22(29)26-14-12-25(13-15-26)11-9-17-6-3-2-4-7-17/h2-4,6-7,16,18H,5,8-15H2,1H3,(H,23,28). The van der Waals surface area contributed by atoms with Crippen molar-refractivity contribution in [1.29, 1.82) is 0 Å². The molecule has 154 valence electrons. The molecule has 0 aliphatic carbocycles. The summed E-state index contributed by atoms with van der Waals surface area (Å²) in [5, 5.41) is 2.71. The van der Waals surface area contributed by atoms with Crippen molar-refractivity contribution in [1.82, 2.24) is 24.7 Å². The number of hydrogen-bond donors (Lipinski definition) is 1. The van der Waals surface area contributed by atoms with Crippen LogP contribution in [0.2, 0.25) is 0 Å². The summed E-state index contributed by atoms with van der Waals surface area (Å²) in [6.07, 6.45) is 4.35. The van der Waals surface area contributed by atoms with Crippen molar-refractivity contribution < 1.29 is 9.59 Å². The summed E-state index contributed by atoms with van der Waals surface area (Å²) < 4.78 is 1.95. The third-order valence-electron chi connectivity index (χ3n) is 6.07. The molecule has 0 saturated carbocycles. The Morgan fingerprint density at radius 1 is 1.10 bits per heavy atom. The predicted octanol–water partition coefficient (Wildman–Crippen LogP) is 1.51. The molecule has 0 radical (unpaired) electrons. The number of fused-ring (bicyclic) bond motifs is 1. The summed E-state index contributed by atoms with van der Waals surface area (Å²) in [6, 6.07) is 10.5. The molecule has 1 fully saturated rings. The molecule has 3 heterocycles. The number of aromatic nitrogens is 2. The van der Waals surface area contributed by atoms with Gasteiger partial charge in [0.15, 0.2) is 0 Å². The zero-order chi connectivity index (χ0) is 20.2. The topological polar surface area (TPSA) is 70.5 Å². The lowest BCUT2D eigenvalue weighted by atomic mass is 9.98. The van der Waals surface area contributed by atoms with Crippen LogP contribution in [0.5, 0.6) is 0 Å². The first-order chi connectivity index (χ1) is 14.2. The Morgan fingerprint density at radius 2 is 1.86 bits per heavy atom. The maximum absolute atomic E-state index is 13.1. The molecule has 7 heteroatoms. The van der Waals surface area contributed by atoms with Crippen LogP contribution < -0.4 is 5.32 Å². The van der Waals surface area contributed by atoms with E-state index < -0.39 is 0 Å². The first-order valence-corrected chi connectivity index (χ1v) is 10.5. The van der Waals surface area contributed by atoms with Crippen LogP contribution in [0, 0.1) is 0 Å². The molecular weight excluding hydrogens is 366 g/mol. The molecule has 4 rings (SSSR count). The van der Waals surface area contributed by atoms with Crippen LogP contribution in [-0.4, -0.2) is 70.9 Å². The van der Waals surface area contributed by atoms with Crippen LogP contribution in [-0.2, 0) is 17.8 Å². The molecule has 1 N–H and O–H groups in total. The van der Waals surface area contributed by atoms with Gasteiger partial charge >= 0.3 is 0 Å². The second kappa shape index (κ2) is 8.78. The summed E-state index contributed by atoms with van der Waals surface area (Å²) in [4.78, 5) is 34.0. The van der Waals surface area contributed by atoms with Crippen molar-refractivity contribution in [3.63, 3.8) is 0 Å². The number of nitrogens with one attached hydrogen (secondary N) is 1. The van der Waals surface area contributed by atoms with E-state index in [1.54, 1.807) is 13.2 Å². The van der Waals surface area contributed by atoms with Crippen molar-refractivity contribution in [2.45, 2.75) is 31.7 Å². The lowest BCUT2D eigenvalue weighted by Crippen LogP contribution is -2.49. The van der Waals surface area contributed by atoms with Gasteiger partial charge in [-0.1, -0.05) is 30.3 Å². The van der Waals surface area contributed by atoms with E-state index in [0.717, 1.165) is 64.4 Å². The Kier molecular flexibility index (Phi) is 5.94. The normalized spacial score (nSPS) is 19.6. The largest absolute Gasteiger partial charge is 0.359 e. The first kappa shape index (κ1) is 19.6. The number of benzene rings is 1. The zero-order valence-electron chi connectivity index (χ0n) is 17.0. The molecule has 2 aromatic rings. The SMILES string of the molecule is CNC(=O)C1CCCn2c(C(=O)N3CCN(CCc4ccccc4)CC3)cnc21. The highest BCUT2D eigenvalue weighted by Crippen LogP contribution is 2.28. The van der Waals surface area contributed by atoms with Gasteiger partial charge in [-0.2, -0.15) is 0 Å². The van der Waals surface area contributed by atoms with Crippen molar-refractivity contribution in [3.8, 4) is 0 Å². The molecule has 1 aromatic carbocycles. The highest BCUT2D eigenvalue weighted by atomic mass is 16.2. The van der Waals surface area contributed by atoms with E-state index >= 15 is 0 Å². The number of nitrogens with zero attached hydrogens (tertiary/aromatic N) is 4. The molecule has 1 atom stereocenters. The Balaban J connectivity index is 1.36. The minimum absolute atomic E-state index is 0.0254. The lowest BCUT2D eigenvalue weighted by Gasteiger charge is -2.35. The van der Waals surface area contributed by atoms with Crippen LogP contribution in [0.25, 0.3) is 0 Å². The predicted molar refractivity (Wildman–Crippen MR) is 111 cm³/mol. The first-order valence-electron chi connectivity index (χ1n) is 10.5. The zero-order valence-corrected chi connectivity index (χ0v) is 17.0. The molecule has 0 spiro atoms. The van der Waals surface area contributed by atoms with Gasteiger partial charge in [0.25, 0.3) is 5.91 Å². The summed E-state index contributed by atoms with van der Waals surface area (Å²) >= 11 is 0. The van der Waals surface area contributed by atoms with Crippen LogP contribution in [0.3, 0.4) is 0 Å². The Bertz CT molecular complexity index is 855. The molecule has 0 bridgehead atoms. The number of carbonyl (C=O) groups is 2. The molecule has 1 aromatic heterocycles. The molecule has 2 aliphatic rings. The van der Waals surface area contributed by atoms with Crippen molar-refractivity contribution in [3.05, 3.63) is 53.6 Å². The molecule has 29 heavy (non-hydrogen) atoms. The Labute approximate surface area is 171 Å². The average molecular weight is 396 g/mol. The van der Waals surface area contributed by atoms with E-state index in [9.17, 15) is 9.59 Å². The molecular formula is C22H29N5O2. The van der Waals surface area contributed by atoms with E-state index in [4.69, 9.17) is 0 Å². The van der Waals surface area contributed by atoms with Crippen LogP contribution >= 0.6 is 0 Å². The van der Waals surface area contributed by atoms with Crippen molar-refractivity contribution >= 4 is 11.8 Å². The number of hydrogen-bond acceptors (Lipinski definition) is 4. The highest BCUT2D eigenvalue weighted by molar-refractivity contribution is 5.93.